The molecule has 8 heteroatoms. The Balaban J connectivity index is 1.39. The lowest BCUT2D eigenvalue weighted by molar-refractivity contribution is -0.113. The van der Waals surface area contributed by atoms with Crippen molar-refractivity contribution in [3.8, 4) is 11.5 Å². The van der Waals surface area contributed by atoms with Crippen LogP contribution < -0.4 is 14.8 Å². The second-order valence-corrected chi connectivity index (χ2v) is 7.92. The van der Waals surface area contributed by atoms with E-state index in [2.05, 4.69) is 34.6 Å². The highest BCUT2D eigenvalue weighted by molar-refractivity contribution is 7.99. The van der Waals surface area contributed by atoms with Gasteiger partial charge in [0.1, 0.15) is 13.2 Å². The first-order valence-electron chi connectivity index (χ1n) is 9.65. The topological polar surface area (TPSA) is 85.6 Å². The van der Waals surface area contributed by atoms with Crippen molar-refractivity contribution in [3.05, 3.63) is 65.5 Å². The number of aliphatic hydroxyl groups is 1. The van der Waals surface area contributed by atoms with E-state index in [1.54, 1.807) is 18.2 Å². The van der Waals surface area contributed by atoms with Crippen LogP contribution in [-0.2, 0) is 17.9 Å². The molecule has 0 atom stereocenters. The lowest BCUT2D eigenvalue weighted by atomic mass is 10.1. The Morgan fingerprint density at radius 3 is 2.70 bits per heavy atom. The van der Waals surface area contributed by atoms with Crippen LogP contribution in [0.3, 0.4) is 0 Å². The number of carbonyl (C=O) groups excluding carboxylic acids is 1. The number of amides is 1. The second-order valence-electron chi connectivity index (χ2n) is 6.98. The van der Waals surface area contributed by atoms with E-state index in [1.165, 1.54) is 17.3 Å². The number of ether oxygens (including phenoxy) is 2. The summed E-state index contributed by atoms with van der Waals surface area (Å²) in [4.78, 5) is 16.9. The first-order valence-corrected chi connectivity index (χ1v) is 10.6. The molecule has 0 bridgehead atoms. The molecule has 0 unspecified atom stereocenters. The number of imidazole rings is 1. The first-order chi connectivity index (χ1) is 14.6. The van der Waals surface area contributed by atoms with Crippen molar-refractivity contribution in [1.82, 2.24) is 9.55 Å². The molecule has 1 aliphatic heterocycles. The van der Waals surface area contributed by atoms with Gasteiger partial charge in [0.25, 0.3) is 0 Å². The number of hydrogen-bond acceptors (Lipinski definition) is 6. The Kier molecular flexibility index (Phi) is 6.25. The van der Waals surface area contributed by atoms with Crippen molar-refractivity contribution in [2.45, 2.75) is 25.2 Å². The molecule has 2 heterocycles. The van der Waals surface area contributed by atoms with E-state index in [0.29, 0.717) is 47.8 Å². The zero-order chi connectivity index (χ0) is 20.9. The van der Waals surface area contributed by atoms with Crippen molar-refractivity contribution < 1.29 is 19.4 Å². The maximum atomic E-state index is 12.4. The molecule has 7 nitrogen and oxygen atoms in total. The Bertz CT molecular complexity index is 1030. The van der Waals surface area contributed by atoms with Crippen molar-refractivity contribution in [1.29, 1.82) is 0 Å². The molecule has 0 radical (unpaired) electrons. The third-order valence-corrected chi connectivity index (χ3v) is 5.57. The van der Waals surface area contributed by atoms with E-state index >= 15 is 0 Å². The molecule has 0 aliphatic carbocycles. The predicted molar refractivity (Wildman–Crippen MR) is 115 cm³/mol. The van der Waals surface area contributed by atoms with Crippen LogP contribution in [0.15, 0.2) is 53.8 Å². The normalized spacial score (nSPS) is 12.6. The summed E-state index contributed by atoms with van der Waals surface area (Å²) in [7, 11) is 0. The highest BCUT2D eigenvalue weighted by Crippen LogP contribution is 2.32. The van der Waals surface area contributed by atoms with Crippen LogP contribution in [0.2, 0.25) is 0 Å². The Morgan fingerprint density at radius 1 is 1.17 bits per heavy atom. The molecule has 0 saturated heterocycles. The number of nitrogens with one attached hydrogen (secondary N) is 1. The Labute approximate surface area is 179 Å². The lowest BCUT2D eigenvalue weighted by Crippen LogP contribution is -2.17. The monoisotopic (exact) mass is 425 g/mol. The van der Waals surface area contributed by atoms with Gasteiger partial charge in [-0.25, -0.2) is 4.98 Å². The van der Waals surface area contributed by atoms with Crippen LogP contribution >= 0.6 is 11.8 Å². The molecule has 0 fully saturated rings. The van der Waals surface area contributed by atoms with E-state index in [9.17, 15) is 9.90 Å². The van der Waals surface area contributed by atoms with Crippen LogP contribution in [0.4, 0.5) is 5.69 Å². The van der Waals surface area contributed by atoms with E-state index in [4.69, 9.17) is 9.47 Å². The number of carbonyl (C=O) groups is 1. The molecule has 2 aromatic carbocycles. The van der Waals surface area contributed by atoms with Gasteiger partial charge >= 0.3 is 0 Å². The summed E-state index contributed by atoms with van der Waals surface area (Å²) >= 11 is 1.33. The SMILES string of the molecule is Cc1ccc(Cn2cc(CO)nc2SCC(=O)Nc2ccc3c(c2)OCCO3)cc1. The fourth-order valence-electron chi connectivity index (χ4n) is 3.09. The summed E-state index contributed by atoms with van der Waals surface area (Å²) in [5.41, 5.74) is 3.57. The Morgan fingerprint density at radius 2 is 1.93 bits per heavy atom. The summed E-state index contributed by atoms with van der Waals surface area (Å²) in [6.45, 7) is 3.56. The molecule has 156 valence electrons. The number of hydrogen-bond donors (Lipinski definition) is 2. The number of benzene rings is 2. The third-order valence-electron chi connectivity index (χ3n) is 4.58. The number of aliphatic hydroxyl groups excluding tert-OH is 1. The van der Waals surface area contributed by atoms with Gasteiger partial charge in [0, 0.05) is 24.5 Å². The standard InChI is InChI=1S/C22H23N3O4S/c1-15-2-4-16(5-3-15)11-25-12-18(13-26)24-22(25)30-14-21(27)23-17-6-7-19-20(10-17)29-9-8-28-19/h2-7,10,12,26H,8-9,11,13-14H2,1H3,(H,23,27). The highest BCUT2D eigenvalue weighted by atomic mass is 32.2. The molecule has 30 heavy (non-hydrogen) atoms. The fraction of sp³-hybridized carbons (Fsp3) is 0.273. The summed E-state index contributed by atoms with van der Waals surface area (Å²) in [6.07, 6.45) is 1.82. The minimum absolute atomic E-state index is 0.141. The molecule has 3 aromatic rings. The second kappa shape index (κ2) is 9.23. The average Bonchev–Trinajstić information content (AvgIpc) is 3.15. The molecule has 0 spiro atoms. The maximum Gasteiger partial charge on any atom is 0.234 e. The summed E-state index contributed by atoms with van der Waals surface area (Å²) < 4.78 is 13.0. The highest BCUT2D eigenvalue weighted by Gasteiger charge is 2.14. The van der Waals surface area contributed by atoms with Crippen molar-refractivity contribution in [2.24, 2.45) is 0 Å². The average molecular weight is 426 g/mol. The number of rotatable bonds is 7. The lowest BCUT2D eigenvalue weighted by Gasteiger charge is -2.19. The Hall–Kier alpha value is -2.97. The van der Waals surface area contributed by atoms with Gasteiger partial charge in [-0.1, -0.05) is 41.6 Å². The number of thioether (sulfide) groups is 1. The smallest absolute Gasteiger partial charge is 0.234 e. The third kappa shape index (κ3) is 4.95. The van der Waals surface area contributed by atoms with E-state index in [-0.39, 0.29) is 18.3 Å². The van der Waals surface area contributed by atoms with Gasteiger partial charge in [0.15, 0.2) is 16.7 Å². The number of fused-ring (bicyclic) bond motifs is 1. The number of aromatic nitrogens is 2. The van der Waals surface area contributed by atoms with E-state index in [1.807, 2.05) is 17.7 Å². The van der Waals surface area contributed by atoms with Crippen molar-refractivity contribution in [2.75, 3.05) is 24.3 Å². The molecular formula is C22H23N3O4S. The van der Waals surface area contributed by atoms with Gasteiger partial charge in [-0.05, 0) is 24.6 Å². The van der Waals surface area contributed by atoms with Gasteiger partial charge in [-0.3, -0.25) is 4.79 Å². The number of nitrogens with zero attached hydrogens (tertiary/aromatic N) is 2. The predicted octanol–water partition coefficient (Wildman–Crippen LogP) is 3.23. The van der Waals surface area contributed by atoms with Gasteiger partial charge in [0.05, 0.1) is 18.1 Å². The van der Waals surface area contributed by atoms with Gasteiger partial charge in [-0.15, -0.1) is 0 Å². The van der Waals surface area contributed by atoms with Crippen LogP contribution in [0.25, 0.3) is 0 Å². The first kappa shape index (κ1) is 20.3. The zero-order valence-electron chi connectivity index (χ0n) is 16.6. The van der Waals surface area contributed by atoms with Crippen LogP contribution in [0, 0.1) is 6.92 Å². The molecule has 0 saturated carbocycles. The maximum absolute atomic E-state index is 12.4. The minimum Gasteiger partial charge on any atom is -0.486 e. The van der Waals surface area contributed by atoms with Gasteiger partial charge in [0.2, 0.25) is 5.91 Å². The molecule has 4 rings (SSSR count). The summed E-state index contributed by atoms with van der Waals surface area (Å²) in [5, 5.41) is 13.0. The van der Waals surface area contributed by atoms with Crippen molar-refractivity contribution in [3.63, 3.8) is 0 Å². The van der Waals surface area contributed by atoms with Crippen LogP contribution in [0.5, 0.6) is 11.5 Å². The molecule has 2 N–H and O–H groups in total. The molecular weight excluding hydrogens is 402 g/mol. The quantitative estimate of drug-likeness (QED) is 0.566. The summed E-state index contributed by atoms with van der Waals surface area (Å²) in [5.74, 6) is 1.37. The van der Waals surface area contributed by atoms with Gasteiger partial charge in [-0.2, -0.15) is 0 Å². The largest absolute Gasteiger partial charge is 0.486 e. The number of aryl methyl sites for hydroxylation is 1. The van der Waals surface area contributed by atoms with Crippen molar-refractivity contribution >= 4 is 23.4 Å². The van der Waals surface area contributed by atoms with Gasteiger partial charge < -0.3 is 24.5 Å². The molecule has 1 aliphatic rings. The zero-order valence-corrected chi connectivity index (χ0v) is 17.4. The number of anilines is 1. The minimum atomic E-state index is -0.146. The van der Waals surface area contributed by atoms with E-state index in [0.717, 1.165) is 5.56 Å². The van der Waals surface area contributed by atoms with E-state index < -0.39 is 0 Å². The van der Waals surface area contributed by atoms with Crippen LogP contribution in [0.1, 0.15) is 16.8 Å². The molecule has 1 amide bonds. The fourth-order valence-corrected chi connectivity index (χ4v) is 3.89. The molecule has 1 aromatic heterocycles. The summed E-state index contributed by atoms with van der Waals surface area (Å²) in [6, 6.07) is 13.6. The van der Waals surface area contributed by atoms with Crippen LogP contribution in [-0.4, -0.2) is 39.5 Å².